The summed E-state index contributed by atoms with van der Waals surface area (Å²) in [7, 11) is 3.96. The van der Waals surface area contributed by atoms with E-state index in [9.17, 15) is 0 Å². The van der Waals surface area contributed by atoms with E-state index < -0.39 is 0 Å². The number of nitrogens with zero attached hydrogens (tertiary/aromatic N) is 7. The van der Waals surface area contributed by atoms with Crippen molar-refractivity contribution in [1.29, 1.82) is 0 Å². The van der Waals surface area contributed by atoms with E-state index in [-0.39, 0.29) is 6.17 Å². The number of fused-ring (bicyclic) bond motifs is 1. The first-order chi connectivity index (χ1) is 17.0. The van der Waals surface area contributed by atoms with Gasteiger partial charge in [0.2, 0.25) is 0 Å². The van der Waals surface area contributed by atoms with Crippen LogP contribution in [0.5, 0.6) is 0 Å². The van der Waals surface area contributed by atoms with Crippen LogP contribution in [0, 0.1) is 0 Å². The molecular formula is C27H32N8. The van der Waals surface area contributed by atoms with Gasteiger partial charge in [0.15, 0.2) is 0 Å². The normalized spacial score (nSPS) is 15.9. The number of rotatable bonds is 9. The highest BCUT2D eigenvalue weighted by Gasteiger charge is 2.33. The SMILES string of the molecule is C=C(/C=C\C=C(/C)c1nccn1CC=Nc1cnccc1NC)C1N(C)c2cnccc2N1CC. The number of hydrogen-bond acceptors (Lipinski definition) is 7. The van der Waals surface area contributed by atoms with Crippen molar-refractivity contribution < 1.29 is 0 Å². The minimum Gasteiger partial charge on any atom is -0.386 e. The number of aromatic nitrogens is 4. The second kappa shape index (κ2) is 10.8. The Morgan fingerprint density at radius 1 is 1.17 bits per heavy atom. The van der Waals surface area contributed by atoms with Crippen molar-refractivity contribution in [2.75, 3.05) is 35.8 Å². The van der Waals surface area contributed by atoms with E-state index in [4.69, 9.17) is 0 Å². The van der Waals surface area contributed by atoms with Gasteiger partial charge in [-0.15, -0.1) is 0 Å². The molecule has 3 aromatic heterocycles. The smallest absolute Gasteiger partial charge is 0.135 e. The lowest BCUT2D eigenvalue weighted by atomic mass is 10.1. The molecule has 0 bridgehead atoms. The van der Waals surface area contributed by atoms with E-state index in [0.717, 1.165) is 40.6 Å². The van der Waals surface area contributed by atoms with Crippen LogP contribution in [-0.4, -0.2) is 52.5 Å². The van der Waals surface area contributed by atoms with Crippen LogP contribution >= 0.6 is 0 Å². The molecule has 0 saturated carbocycles. The van der Waals surface area contributed by atoms with Crippen molar-refractivity contribution in [3.63, 3.8) is 0 Å². The fourth-order valence-electron chi connectivity index (χ4n) is 4.37. The van der Waals surface area contributed by atoms with Crippen molar-refractivity contribution in [2.45, 2.75) is 26.6 Å². The minimum atomic E-state index is 0.0670. The molecule has 8 heteroatoms. The summed E-state index contributed by atoms with van der Waals surface area (Å²) >= 11 is 0. The molecule has 1 aliphatic heterocycles. The van der Waals surface area contributed by atoms with Crippen molar-refractivity contribution >= 4 is 34.5 Å². The lowest BCUT2D eigenvalue weighted by molar-refractivity contribution is 0.708. The zero-order valence-electron chi connectivity index (χ0n) is 20.8. The Hall–Kier alpha value is -4.20. The molecule has 8 nitrogen and oxygen atoms in total. The summed E-state index contributed by atoms with van der Waals surface area (Å²) in [4.78, 5) is 22.1. The number of hydrogen-bond donors (Lipinski definition) is 1. The second-order valence-corrected chi connectivity index (χ2v) is 8.28. The summed E-state index contributed by atoms with van der Waals surface area (Å²) in [5.74, 6) is 0.901. The highest BCUT2D eigenvalue weighted by Crippen LogP contribution is 2.39. The Morgan fingerprint density at radius 2 is 1.97 bits per heavy atom. The molecular weight excluding hydrogens is 436 g/mol. The van der Waals surface area contributed by atoms with E-state index in [1.807, 2.05) is 50.2 Å². The molecule has 180 valence electrons. The van der Waals surface area contributed by atoms with Crippen LogP contribution in [-0.2, 0) is 6.54 Å². The Bertz CT molecular complexity index is 1270. The molecule has 1 aliphatic rings. The first kappa shape index (κ1) is 23.9. The summed E-state index contributed by atoms with van der Waals surface area (Å²) < 4.78 is 2.07. The third-order valence-electron chi connectivity index (χ3n) is 6.10. The van der Waals surface area contributed by atoms with Crippen molar-refractivity contribution in [3.05, 3.63) is 85.5 Å². The van der Waals surface area contributed by atoms with Crippen LogP contribution in [0.2, 0.25) is 0 Å². The summed E-state index contributed by atoms with van der Waals surface area (Å²) in [5, 5.41) is 3.13. The third-order valence-corrected chi connectivity index (χ3v) is 6.10. The van der Waals surface area contributed by atoms with Gasteiger partial charge in [-0.3, -0.25) is 15.0 Å². The molecule has 1 unspecified atom stereocenters. The standard InChI is InChI=1S/C27H32N8/c1-6-35-24-11-13-30-19-25(24)33(5)27(35)21(3)9-7-8-20(2)26-32-15-17-34(26)16-14-31-23-18-29-12-10-22(23)28-4/h7-15,17-19,27H,3,6,16H2,1-2,4-5H3,(H,28,29)/b9-7-,20-8+,31-14?. The van der Waals surface area contributed by atoms with Gasteiger partial charge in [-0.1, -0.05) is 24.8 Å². The Balaban J connectivity index is 1.44. The average Bonchev–Trinajstić information content (AvgIpc) is 3.46. The lowest BCUT2D eigenvalue weighted by Gasteiger charge is -2.30. The fourth-order valence-corrected chi connectivity index (χ4v) is 4.37. The number of allylic oxidation sites excluding steroid dienone is 3. The topological polar surface area (TPSA) is 74.5 Å². The van der Waals surface area contributed by atoms with Crippen molar-refractivity contribution in [1.82, 2.24) is 19.5 Å². The number of anilines is 3. The van der Waals surface area contributed by atoms with Crippen molar-refractivity contribution in [2.24, 2.45) is 4.99 Å². The Labute approximate surface area is 207 Å². The van der Waals surface area contributed by atoms with E-state index in [1.165, 1.54) is 5.69 Å². The highest BCUT2D eigenvalue weighted by atomic mass is 15.4. The minimum absolute atomic E-state index is 0.0670. The Kier molecular flexibility index (Phi) is 7.40. The number of nitrogens with one attached hydrogen (secondary N) is 1. The maximum Gasteiger partial charge on any atom is 0.135 e. The number of likely N-dealkylation sites (N-methyl/N-ethyl adjacent to an activating group) is 2. The predicted molar refractivity (Wildman–Crippen MR) is 146 cm³/mol. The molecule has 3 aromatic rings. The first-order valence-electron chi connectivity index (χ1n) is 11.7. The van der Waals surface area contributed by atoms with Crippen LogP contribution in [0.3, 0.4) is 0 Å². The molecule has 0 amide bonds. The van der Waals surface area contributed by atoms with Crippen LogP contribution in [0.1, 0.15) is 19.7 Å². The molecule has 0 aromatic carbocycles. The summed E-state index contributed by atoms with van der Waals surface area (Å²) in [6.45, 7) is 10.1. The molecule has 4 rings (SSSR count). The monoisotopic (exact) mass is 468 g/mol. The van der Waals surface area contributed by atoms with Crippen LogP contribution in [0.4, 0.5) is 22.7 Å². The van der Waals surface area contributed by atoms with Gasteiger partial charge in [-0.2, -0.15) is 0 Å². The van der Waals surface area contributed by atoms with Gasteiger partial charge in [0.05, 0.1) is 36.0 Å². The van der Waals surface area contributed by atoms with Crippen molar-refractivity contribution in [3.8, 4) is 0 Å². The van der Waals surface area contributed by atoms with E-state index in [1.54, 1.807) is 12.4 Å². The maximum absolute atomic E-state index is 4.56. The van der Waals surface area contributed by atoms with E-state index in [0.29, 0.717) is 6.54 Å². The second-order valence-electron chi connectivity index (χ2n) is 8.28. The zero-order valence-corrected chi connectivity index (χ0v) is 20.8. The highest BCUT2D eigenvalue weighted by molar-refractivity contribution is 5.78. The molecule has 4 heterocycles. The molecule has 0 radical (unpaired) electrons. The zero-order chi connectivity index (χ0) is 24.8. The van der Waals surface area contributed by atoms with E-state index >= 15 is 0 Å². The average molecular weight is 469 g/mol. The van der Waals surface area contributed by atoms with E-state index in [2.05, 4.69) is 85.3 Å². The fraction of sp³-hybridized carbons (Fsp3) is 0.259. The molecule has 1 N–H and O–H groups in total. The van der Waals surface area contributed by atoms with Gasteiger partial charge < -0.3 is 19.7 Å². The third kappa shape index (κ3) is 5.01. The van der Waals surface area contributed by atoms with Gasteiger partial charge in [-0.25, -0.2) is 4.98 Å². The molecule has 0 fully saturated rings. The largest absolute Gasteiger partial charge is 0.386 e. The summed E-state index contributed by atoms with van der Waals surface area (Å²) in [6, 6.07) is 3.97. The lowest BCUT2D eigenvalue weighted by Crippen LogP contribution is -2.42. The van der Waals surface area contributed by atoms with Gasteiger partial charge in [0.1, 0.15) is 17.7 Å². The number of pyridine rings is 2. The maximum atomic E-state index is 4.56. The van der Waals surface area contributed by atoms with Gasteiger partial charge in [0.25, 0.3) is 0 Å². The van der Waals surface area contributed by atoms with Gasteiger partial charge >= 0.3 is 0 Å². The Morgan fingerprint density at radius 3 is 2.77 bits per heavy atom. The van der Waals surface area contributed by atoms with Gasteiger partial charge in [0, 0.05) is 51.6 Å². The van der Waals surface area contributed by atoms with Crippen LogP contribution < -0.4 is 15.1 Å². The molecule has 1 atom stereocenters. The molecule has 0 spiro atoms. The van der Waals surface area contributed by atoms with Gasteiger partial charge in [-0.05, 0) is 37.1 Å². The summed E-state index contributed by atoms with van der Waals surface area (Å²) in [6.07, 6.45) is 19.1. The molecule has 0 aliphatic carbocycles. The van der Waals surface area contributed by atoms with Crippen LogP contribution in [0.15, 0.2) is 84.7 Å². The number of imidazole rings is 1. The predicted octanol–water partition coefficient (Wildman–Crippen LogP) is 4.94. The molecule has 35 heavy (non-hydrogen) atoms. The first-order valence-corrected chi connectivity index (χ1v) is 11.7. The number of aliphatic imine (C=N–C) groups is 1. The summed E-state index contributed by atoms with van der Waals surface area (Å²) in [5.41, 5.74) is 6.13. The quantitative estimate of drug-likeness (QED) is 0.354. The van der Waals surface area contributed by atoms with Crippen LogP contribution in [0.25, 0.3) is 5.57 Å². The molecule has 0 saturated heterocycles.